The largest absolute Gasteiger partial charge is 0.497 e. The fourth-order valence-corrected chi connectivity index (χ4v) is 4.25. The Labute approximate surface area is 186 Å². The molecule has 2 aromatic rings. The van der Waals surface area contributed by atoms with Crippen molar-refractivity contribution in [3.05, 3.63) is 59.1 Å². The van der Waals surface area contributed by atoms with Crippen LogP contribution in [-0.2, 0) is 9.59 Å². The highest BCUT2D eigenvalue weighted by Gasteiger charge is 2.40. The van der Waals surface area contributed by atoms with E-state index in [9.17, 15) is 9.59 Å². The van der Waals surface area contributed by atoms with Gasteiger partial charge in [-0.3, -0.25) is 20.0 Å². The van der Waals surface area contributed by atoms with E-state index in [1.54, 1.807) is 12.1 Å². The van der Waals surface area contributed by atoms with Crippen molar-refractivity contribution in [3.63, 3.8) is 0 Å². The van der Waals surface area contributed by atoms with E-state index in [2.05, 4.69) is 5.43 Å². The highest BCUT2D eigenvalue weighted by atomic mass is 35.5. The topological polar surface area (TPSA) is 74.2 Å². The lowest BCUT2D eigenvalue weighted by Crippen LogP contribution is -2.49. The number of halogens is 1. The van der Waals surface area contributed by atoms with Crippen LogP contribution in [0.15, 0.2) is 53.6 Å². The van der Waals surface area contributed by atoms with Gasteiger partial charge in [-0.25, -0.2) is 5.01 Å². The van der Waals surface area contributed by atoms with Gasteiger partial charge < -0.3 is 4.74 Å². The standard InChI is InChI=1S/C23H25ClN4O3/c1-15-21(23(30)26-27-13-11-17(29)12-14-27)25-28(20-6-4-3-5-19(20)24)22(15)16-7-9-18(31-2)10-8-16/h3-10,15,22H,11-14H2,1-2H3,(H,26,30). The lowest BCUT2D eigenvalue weighted by atomic mass is 9.91. The number of Topliss-reactive ketones (excluding diaryl/α,β-unsaturated/α-hetero) is 1. The summed E-state index contributed by atoms with van der Waals surface area (Å²) in [5, 5.41) is 8.89. The number of rotatable bonds is 5. The third-order valence-corrected chi connectivity index (χ3v) is 6.07. The molecule has 2 unspecified atom stereocenters. The Bertz CT molecular complexity index is 998. The van der Waals surface area contributed by atoms with Gasteiger partial charge in [-0.1, -0.05) is 42.8 Å². The molecule has 1 amide bonds. The number of para-hydroxylation sites is 1. The normalized spacial score (nSPS) is 21.7. The molecule has 0 aromatic heterocycles. The Morgan fingerprint density at radius 1 is 1.13 bits per heavy atom. The number of nitrogens with one attached hydrogen (secondary N) is 1. The molecular weight excluding hydrogens is 416 g/mol. The summed E-state index contributed by atoms with van der Waals surface area (Å²) in [5.41, 5.74) is 5.09. The molecule has 2 aromatic carbocycles. The summed E-state index contributed by atoms with van der Waals surface area (Å²) in [4.78, 5) is 24.6. The number of carbonyl (C=O) groups excluding carboxylic acids is 2. The third kappa shape index (κ3) is 4.43. The Kier molecular flexibility index (Phi) is 6.25. The van der Waals surface area contributed by atoms with Gasteiger partial charge in [-0.15, -0.1) is 0 Å². The first-order valence-electron chi connectivity index (χ1n) is 10.3. The van der Waals surface area contributed by atoms with Crippen molar-refractivity contribution in [3.8, 4) is 5.75 Å². The minimum Gasteiger partial charge on any atom is -0.497 e. The third-order valence-electron chi connectivity index (χ3n) is 5.75. The molecule has 7 nitrogen and oxygen atoms in total. The summed E-state index contributed by atoms with van der Waals surface area (Å²) in [7, 11) is 1.63. The van der Waals surface area contributed by atoms with Gasteiger partial charge in [0.2, 0.25) is 0 Å². The van der Waals surface area contributed by atoms with E-state index >= 15 is 0 Å². The zero-order chi connectivity index (χ0) is 22.0. The number of ether oxygens (including phenoxy) is 1. The SMILES string of the molecule is COc1ccc(C2C(C)C(C(=O)NN3CCC(=O)CC3)=NN2c2ccccc2Cl)cc1. The zero-order valence-corrected chi connectivity index (χ0v) is 18.3. The molecule has 0 saturated carbocycles. The number of hydrazone groups is 1. The summed E-state index contributed by atoms with van der Waals surface area (Å²) in [6.07, 6.45) is 0.894. The number of benzene rings is 2. The molecule has 0 aliphatic carbocycles. The number of hydrogen-bond acceptors (Lipinski definition) is 6. The number of piperidine rings is 1. The van der Waals surface area contributed by atoms with Gasteiger partial charge in [0.15, 0.2) is 0 Å². The fraction of sp³-hybridized carbons (Fsp3) is 0.348. The van der Waals surface area contributed by atoms with Crippen molar-refractivity contribution in [1.29, 1.82) is 0 Å². The molecule has 0 radical (unpaired) electrons. The van der Waals surface area contributed by atoms with Crippen molar-refractivity contribution in [2.75, 3.05) is 25.2 Å². The summed E-state index contributed by atoms with van der Waals surface area (Å²) in [6.45, 7) is 3.02. The van der Waals surface area contributed by atoms with Crippen LogP contribution < -0.4 is 15.2 Å². The number of carbonyl (C=O) groups is 2. The molecule has 162 valence electrons. The van der Waals surface area contributed by atoms with Crippen LogP contribution in [0.2, 0.25) is 5.02 Å². The minimum atomic E-state index is -0.255. The Balaban J connectivity index is 1.64. The van der Waals surface area contributed by atoms with Crippen molar-refractivity contribution in [2.45, 2.75) is 25.8 Å². The van der Waals surface area contributed by atoms with E-state index < -0.39 is 0 Å². The molecule has 1 fully saturated rings. The van der Waals surface area contributed by atoms with Gasteiger partial charge >= 0.3 is 0 Å². The molecule has 0 spiro atoms. The maximum absolute atomic E-state index is 13.1. The number of hydrazine groups is 1. The first kappa shape index (κ1) is 21.3. The van der Waals surface area contributed by atoms with E-state index in [4.69, 9.17) is 21.4 Å². The number of ketones is 1. The lowest BCUT2D eigenvalue weighted by molar-refractivity contribution is -0.126. The maximum Gasteiger partial charge on any atom is 0.282 e. The smallest absolute Gasteiger partial charge is 0.282 e. The first-order valence-corrected chi connectivity index (χ1v) is 10.7. The van der Waals surface area contributed by atoms with E-state index in [1.165, 1.54) is 0 Å². The highest BCUT2D eigenvalue weighted by molar-refractivity contribution is 6.40. The van der Waals surface area contributed by atoms with Gasteiger partial charge in [0.05, 0.1) is 23.9 Å². The number of amides is 1. The molecular formula is C23H25ClN4O3. The highest BCUT2D eigenvalue weighted by Crippen LogP contribution is 2.41. The Hall–Kier alpha value is -2.90. The second kappa shape index (κ2) is 9.08. The lowest BCUT2D eigenvalue weighted by Gasteiger charge is -2.28. The fourth-order valence-electron chi connectivity index (χ4n) is 4.02. The van der Waals surface area contributed by atoms with Gasteiger partial charge in [-0.05, 0) is 29.8 Å². The van der Waals surface area contributed by atoms with Gasteiger partial charge in [0.1, 0.15) is 17.2 Å². The predicted octanol–water partition coefficient (Wildman–Crippen LogP) is 3.60. The molecule has 8 heteroatoms. The van der Waals surface area contributed by atoms with Crippen molar-refractivity contribution in [1.82, 2.24) is 10.4 Å². The molecule has 2 heterocycles. The first-order chi connectivity index (χ1) is 15.0. The van der Waals surface area contributed by atoms with Crippen LogP contribution in [0, 0.1) is 5.92 Å². The van der Waals surface area contributed by atoms with E-state index in [1.807, 2.05) is 60.5 Å². The van der Waals surface area contributed by atoms with E-state index in [-0.39, 0.29) is 23.7 Å². The molecule has 31 heavy (non-hydrogen) atoms. The summed E-state index contributed by atoms with van der Waals surface area (Å²) < 4.78 is 5.28. The maximum atomic E-state index is 13.1. The van der Waals surface area contributed by atoms with Crippen molar-refractivity contribution >= 4 is 34.7 Å². The predicted molar refractivity (Wildman–Crippen MR) is 120 cm³/mol. The van der Waals surface area contributed by atoms with Crippen LogP contribution in [0.3, 0.4) is 0 Å². The second-order valence-electron chi connectivity index (χ2n) is 7.75. The molecule has 1 N–H and O–H groups in total. The molecule has 0 bridgehead atoms. The van der Waals surface area contributed by atoms with Crippen LogP contribution in [0.4, 0.5) is 5.69 Å². The van der Waals surface area contributed by atoms with Crippen LogP contribution >= 0.6 is 11.6 Å². The number of nitrogens with zero attached hydrogens (tertiary/aromatic N) is 3. The summed E-state index contributed by atoms with van der Waals surface area (Å²) >= 11 is 6.48. The van der Waals surface area contributed by atoms with Crippen LogP contribution in [-0.4, -0.2) is 42.6 Å². The second-order valence-corrected chi connectivity index (χ2v) is 8.16. The van der Waals surface area contributed by atoms with Crippen LogP contribution in [0.25, 0.3) is 0 Å². The van der Waals surface area contributed by atoms with Crippen LogP contribution in [0.5, 0.6) is 5.75 Å². The molecule has 2 aliphatic rings. The number of hydrogen-bond donors (Lipinski definition) is 1. The molecule has 2 atom stereocenters. The number of methoxy groups -OCH3 is 1. The van der Waals surface area contributed by atoms with Gasteiger partial charge in [0, 0.05) is 31.8 Å². The molecule has 2 aliphatic heterocycles. The quantitative estimate of drug-likeness (QED) is 0.769. The average Bonchev–Trinajstić information content (AvgIpc) is 3.12. The molecule has 1 saturated heterocycles. The summed E-state index contributed by atoms with van der Waals surface area (Å²) in [6, 6.07) is 15.0. The van der Waals surface area contributed by atoms with Gasteiger partial charge in [-0.2, -0.15) is 5.10 Å². The number of anilines is 1. The molecule has 4 rings (SSSR count). The van der Waals surface area contributed by atoms with Crippen LogP contribution in [0.1, 0.15) is 31.4 Å². The van der Waals surface area contributed by atoms with E-state index in [0.717, 1.165) is 17.0 Å². The van der Waals surface area contributed by atoms with Gasteiger partial charge in [0.25, 0.3) is 5.91 Å². The van der Waals surface area contributed by atoms with Crippen molar-refractivity contribution < 1.29 is 14.3 Å². The average molecular weight is 441 g/mol. The Morgan fingerprint density at radius 2 is 1.81 bits per heavy atom. The monoisotopic (exact) mass is 440 g/mol. The zero-order valence-electron chi connectivity index (χ0n) is 17.5. The minimum absolute atomic E-state index is 0.184. The van der Waals surface area contributed by atoms with E-state index in [0.29, 0.717) is 36.7 Å². The van der Waals surface area contributed by atoms with Crippen molar-refractivity contribution in [2.24, 2.45) is 11.0 Å². The summed E-state index contributed by atoms with van der Waals surface area (Å²) in [5.74, 6) is 0.546. The Morgan fingerprint density at radius 3 is 2.45 bits per heavy atom.